The van der Waals surface area contributed by atoms with E-state index in [1.54, 1.807) is 42.5 Å². The molecule has 0 aliphatic heterocycles. The zero-order valence-corrected chi connectivity index (χ0v) is 13.9. The second-order valence-electron chi connectivity index (χ2n) is 5.08. The van der Waals surface area contributed by atoms with Crippen LogP contribution < -0.4 is 10.6 Å². The minimum Gasteiger partial charge on any atom is -0.337 e. The van der Waals surface area contributed by atoms with Crippen molar-refractivity contribution in [1.29, 1.82) is 0 Å². The molecule has 0 atom stereocenters. The lowest BCUT2D eigenvalue weighted by Crippen LogP contribution is -2.05. The molecule has 2 aromatic carbocycles. The summed E-state index contributed by atoms with van der Waals surface area (Å²) in [6, 6.07) is 13.9. The zero-order chi connectivity index (χ0) is 17.8. The van der Waals surface area contributed by atoms with E-state index in [0.717, 1.165) is 0 Å². The molecule has 0 aliphatic carbocycles. The van der Waals surface area contributed by atoms with Crippen LogP contribution in [-0.2, 0) is 15.3 Å². The van der Waals surface area contributed by atoms with E-state index in [9.17, 15) is 13.2 Å². The fourth-order valence-electron chi connectivity index (χ4n) is 2.19. The summed E-state index contributed by atoms with van der Waals surface area (Å²) in [4.78, 5) is 19.7. The number of benzene rings is 2. The highest BCUT2D eigenvalue weighted by molar-refractivity contribution is 7.61. The molecule has 2 N–H and O–H groups in total. The molecule has 1 amide bonds. The number of carbonyl (C=O) groups excluding carboxylic acids is 1. The minimum absolute atomic E-state index is 0.0297. The van der Waals surface area contributed by atoms with E-state index < -0.39 is 10.5 Å². The summed E-state index contributed by atoms with van der Waals surface area (Å²) in [5.74, 6) is 0.0215. The predicted molar refractivity (Wildman–Crippen MR) is 94.6 cm³/mol. The summed E-state index contributed by atoms with van der Waals surface area (Å²) < 4.78 is 25.4. The molecule has 3 rings (SSSR count). The van der Waals surface area contributed by atoms with Crippen LogP contribution in [0.25, 0.3) is 11.0 Å². The van der Waals surface area contributed by atoms with Gasteiger partial charge in [0.15, 0.2) is 5.82 Å². The number of hydrogen-bond donors (Lipinski definition) is 2. The third-order valence-corrected chi connectivity index (χ3v) is 3.50. The molecule has 126 valence electrons. The molecular weight excluding hydrogens is 342 g/mol. The lowest BCUT2D eigenvalue weighted by atomic mass is 10.2. The van der Waals surface area contributed by atoms with Gasteiger partial charge in [-0.3, -0.25) is 4.79 Å². The van der Waals surface area contributed by atoms with Crippen LogP contribution in [0.2, 0.25) is 0 Å². The first-order chi connectivity index (χ1) is 12.0. The summed E-state index contributed by atoms with van der Waals surface area (Å²) in [7, 11) is -2.65. The number of nitrogens with one attached hydrogen (secondary N) is 2. The average molecular weight is 355 g/mol. The van der Waals surface area contributed by atoms with Gasteiger partial charge in [0, 0.05) is 18.3 Å². The van der Waals surface area contributed by atoms with Gasteiger partial charge in [-0.25, -0.2) is 9.97 Å². The lowest BCUT2D eigenvalue weighted by Gasteiger charge is -2.09. The molecule has 0 spiro atoms. The largest absolute Gasteiger partial charge is 0.337 e. The molecule has 0 radical (unpaired) electrons. The third kappa shape index (κ3) is 4.15. The third-order valence-electron chi connectivity index (χ3n) is 3.18. The van der Waals surface area contributed by atoms with Crippen molar-refractivity contribution in [1.82, 2.24) is 9.97 Å². The van der Waals surface area contributed by atoms with Crippen LogP contribution in [0.5, 0.6) is 0 Å². The predicted octanol–water partition coefficient (Wildman–Crippen LogP) is 3.03. The topological polar surface area (TPSA) is 113 Å². The summed E-state index contributed by atoms with van der Waals surface area (Å²) >= 11 is 0. The van der Waals surface area contributed by atoms with Crippen molar-refractivity contribution in [3.05, 3.63) is 48.5 Å². The van der Waals surface area contributed by atoms with Crippen LogP contribution >= 0.6 is 0 Å². The van der Waals surface area contributed by atoms with Gasteiger partial charge in [-0.05, 0) is 36.4 Å². The van der Waals surface area contributed by atoms with E-state index >= 15 is 0 Å². The van der Waals surface area contributed by atoms with Gasteiger partial charge in [0.05, 0.1) is 11.0 Å². The maximum Gasteiger partial charge on any atom is 0.318 e. The van der Waals surface area contributed by atoms with Crippen LogP contribution in [0.1, 0.15) is 6.92 Å². The molecule has 0 fully saturated rings. The first kappa shape index (κ1) is 16.5. The molecular formula is C16H13N5O3S. The Bertz CT molecular complexity index is 1070. The highest BCUT2D eigenvalue weighted by atomic mass is 32.2. The van der Waals surface area contributed by atoms with Crippen molar-refractivity contribution >= 4 is 50.5 Å². The first-order valence-corrected chi connectivity index (χ1v) is 8.27. The molecule has 1 heterocycles. The van der Waals surface area contributed by atoms with Gasteiger partial charge in [-0.15, -0.1) is 4.36 Å². The highest BCUT2D eigenvalue weighted by Crippen LogP contribution is 2.27. The fraction of sp³-hybridized carbons (Fsp3) is 0.0625. The Morgan fingerprint density at radius 3 is 2.16 bits per heavy atom. The lowest BCUT2D eigenvalue weighted by molar-refractivity contribution is -0.114. The zero-order valence-electron chi connectivity index (χ0n) is 13.1. The minimum atomic E-state index is -2.65. The van der Waals surface area contributed by atoms with Gasteiger partial charge in [0.1, 0.15) is 0 Å². The van der Waals surface area contributed by atoms with Crippen molar-refractivity contribution in [2.45, 2.75) is 6.92 Å². The van der Waals surface area contributed by atoms with Crippen LogP contribution in [-0.4, -0.2) is 24.3 Å². The second kappa shape index (κ2) is 7.05. The Morgan fingerprint density at radius 1 is 0.960 bits per heavy atom. The van der Waals surface area contributed by atoms with Gasteiger partial charge < -0.3 is 10.6 Å². The molecule has 0 saturated heterocycles. The Hall–Kier alpha value is -3.33. The normalized spacial score (nSPS) is 10.3. The molecule has 1 aromatic heterocycles. The Morgan fingerprint density at radius 2 is 1.56 bits per heavy atom. The SMILES string of the molecule is CC(=O)Nc1ccc(Nc2nc3ccccc3nc2N=S(=O)=O)cc1. The maximum absolute atomic E-state index is 11.0. The van der Waals surface area contributed by atoms with E-state index in [2.05, 4.69) is 25.0 Å². The molecule has 0 aliphatic rings. The quantitative estimate of drug-likeness (QED) is 0.743. The number of para-hydroxylation sites is 2. The number of hydrogen-bond acceptors (Lipinski definition) is 7. The number of carbonyl (C=O) groups is 1. The number of rotatable bonds is 4. The monoisotopic (exact) mass is 355 g/mol. The van der Waals surface area contributed by atoms with Gasteiger partial charge in [-0.1, -0.05) is 12.1 Å². The molecule has 0 saturated carbocycles. The van der Waals surface area contributed by atoms with Gasteiger partial charge in [-0.2, -0.15) is 8.42 Å². The molecule has 0 unspecified atom stereocenters. The van der Waals surface area contributed by atoms with Crippen molar-refractivity contribution in [3.8, 4) is 0 Å². The van der Waals surface area contributed by atoms with E-state index in [1.807, 2.05) is 6.07 Å². The highest BCUT2D eigenvalue weighted by Gasteiger charge is 2.09. The van der Waals surface area contributed by atoms with Crippen LogP contribution in [0.4, 0.5) is 23.0 Å². The smallest absolute Gasteiger partial charge is 0.318 e. The summed E-state index contributed by atoms with van der Waals surface area (Å²) in [6.07, 6.45) is 0. The van der Waals surface area contributed by atoms with Crippen molar-refractivity contribution < 1.29 is 13.2 Å². The number of anilines is 3. The fourth-order valence-corrected chi connectivity index (χ4v) is 2.45. The van der Waals surface area contributed by atoms with Crippen LogP contribution in [0.15, 0.2) is 52.9 Å². The van der Waals surface area contributed by atoms with E-state index in [4.69, 9.17) is 0 Å². The van der Waals surface area contributed by atoms with E-state index in [0.29, 0.717) is 22.4 Å². The molecule has 9 heteroatoms. The molecule has 3 aromatic rings. The number of nitrogens with zero attached hydrogens (tertiary/aromatic N) is 3. The van der Waals surface area contributed by atoms with Crippen LogP contribution in [0, 0.1) is 0 Å². The number of aromatic nitrogens is 2. The summed E-state index contributed by atoms with van der Waals surface area (Å²) in [5.41, 5.74) is 2.44. The Kier molecular flexibility index (Phi) is 4.66. The van der Waals surface area contributed by atoms with E-state index in [-0.39, 0.29) is 17.5 Å². The van der Waals surface area contributed by atoms with Crippen molar-refractivity contribution in [3.63, 3.8) is 0 Å². The molecule has 0 bridgehead atoms. The van der Waals surface area contributed by atoms with E-state index in [1.165, 1.54) is 6.92 Å². The van der Waals surface area contributed by atoms with Gasteiger partial charge >= 0.3 is 10.5 Å². The Labute approximate surface area is 144 Å². The van der Waals surface area contributed by atoms with Gasteiger partial charge in [0.2, 0.25) is 11.7 Å². The number of amides is 1. The summed E-state index contributed by atoms with van der Waals surface area (Å²) in [6.45, 7) is 1.42. The van der Waals surface area contributed by atoms with Gasteiger partial charge in [0.25, 0.3) is 0 Å². The molecule has 8 nitrogen and oxygen atoms in total. The maximum atomic E-state index is 11.0. The second-order valence-corrected chi connectivity index (χ2v) is 5.69. The van der Waals surface area contributed by atoms with Crippen molar-refractivity contribution in [2.24, 2.45) is 4.36 Å². The molecule has 25 heavy (non-hydrogen) atoms. The standard InChI is InChI=1S/C16H13N5O3S/c1-10(22)17-11-6-8-12(9-7-11)18-15-16(21-25(23)24)20-14-5-3-2-4-13(14)19-15/h2-9H,1H3,(H,17,22)(H,18,19). The van der Waals surface area contributed by atoms with Crippen molar-refractivity contribution in [2.75, 3.05) is 10.6 Å². The first-order valence-electron chi connectivity index (χ1n) is 7.24. The average Bonchev–Trinajstić information content (AvgIpc) is 2.56. The Balaban J connectivity index is 1.99. The summed E-state index contributed by atoms with van der Waals surface area (Å²) in [5, 5.41) is 5.66. The number of fused-ring (bicyclic) bond motifs is 1. The van der Waals surface area contributed by atoms with Crippen LogP contribution in [0.3, 0.4) is 0 Å².